The van der Waals surface area contributed by atoms with Gasteiger partial charge in [-0.3, -0.25) is 4.79 Å². The molecule has 0 spiro atoms. The molecule has 19 heavy (non-hydrogen) atoms. The van der Waals surface area contributed by atoms with E-state index in [0.29, 0.717) is 17.9 Å². The van der Waals surface area contributed by atoms with Crippen molar-refractivity contribution in [1.29, 1.82) is 0 Å². The molecule has 1 amide bonds. The van der Waals surface area contributed by atoms with Gasteiger partial charge in [0.15, 0.2) is 0 Å². The Morgan fingerprint density at radius 3 is 2.84 bits per heavy atom. The predicted octanol–water partition coefficient (Wildman–Crippen LogP) is 2.35. The molecular weight excluding hydrogens is 263 g/mol. The standard InChI is InChI=1S/C14H19FN2OS/c1-16(2)8-5-9-17-13(18)10-19-14(17)11-6-3-4-7-12(11)15/h3-4,6-7,14H,5,8-10H2,1-2H3. The number of benzene rings is 1. The van der Waals surface area contributed by atoms with Crippen LogP contribution in [0.3, 0.4) is 0 Å². The van der Waals surface area contributed by atoms with Crippen LogP contribution < -0.4 is 0 Å². The van der Waals surface area contributed by atoms with Crippen LogP contribution in [0.4, 0.5) is 4.39 Å². The average molecular weight is 282 g/mol. The third-order valence-electron chi connectivity index (χ3n) is 3.14. The molecule has 0 N–H and O–H groups in total. The summed E-state index contributed by atoms with van der Waals surface area (Å²) in [6.45, 7) is 1.61. The highest BCUT2D eigenvalue weighted by Gasteiger charge is 2.33. The molecule has 2 rings (SSSR count). The first-order valence-corrected chi connectivity index (χ1v) is 7.44. The van der Waals surface area contributed by atoms with Crippen LogP contribution in [0.15, 0.2) is 24.3 Å². The van der Waals surface area contributed by atoms with Crippen molar-refractivity contribution < 1.29 is 9.18 Å². The van der Waals surface area contributed by atoms with E-state index in [1.165, 1.54) is 17.8 Å². The second-order valence-electron chi connectivity index (χ2n) is 4.93. The lowest BCUT2D eigenvalue weighted by atomic mass is 10.2. The Morgan fingerprint density at radius 2 is 2.16 bits per heavy atom. The smallest absolute Gasteiger partial charge is 0.233 e. The number of thioether (sulfide) groups is 1. The lowest BCUT2D eigenvalue weighted by Crippen LogP contribution is -2.31. The van der Waals surface area contributed by atoms with Crippen molar-refractivity contribution >= 4 is 17.7 Å². The second-order valence-corrected chi connectivity index (χ2v) is 6.00. The van der Waals surface area contributed by atoms with Crippen LogP contribution >= 0.6 is 11.8 Å². The molecule has 0 saturated carbocycles. The molecule has 1 fully saturated rings. The number of nitrogens with zero attached hydrogens (tertiary/aromatic N) is 2. The van der Waals surface area contributed by atoms with E-state index in [1.54, 1.807) is 17.0 Å². The summed E-state index contributed by atoms with van der Waals surface area (Å²) in [5.74, 6) is 0.324. The van der Waals surface area contributed by atoms with Crippen LogP contribution in [0.1, 0.15) is 17.4 Å². The molecule has 1 atom stereocenters. The molecule has 104 valence electrons. The van der Waals surface area contributed by atoms with Gasteiger partial charge in [-0.25, -0.2) is 4.39 Å². The summed E-state index contributed by atoms with van der Waals surface area (Å²) >= 11 is 1.51. The number of amides is 1. The normalized spacial score (nSPS) is 19.5. The van der Waals surface area contributed by atoms with Gasteiger partial charge in [0.25, 0.3) is 0 Å². The fourth-order valence-electron chi connectivity index (χ4n) is 2.19. The summed E-state index contributed by atoms with van der Waals surface area (Å²) in [6, 6.07) is 6.72. The minimum absolute atomic E-state index is 0.108. The quantitative estimate of drug-likeness (QED) is 0.828. The molecule has 1 heterocycles. The van der Waals surface area contributed by atoms with E-state index in [0.717, 1.165) is 13.0 Å². The third kappa shape index (κ3) is 3.48. The lowest BCUT2D eigenvalue weighted by Gasteiger charge is -2.25. The Morgan fingerprint density at radius 1 is 1.42 bits per heavy atom. The SMILES string of the molecule is CN(C)CCCN1C(=O)CSC1c1ccccc1F. The molecular formula is C14H19FN2OS. The van der Waals surface area contributed by atoms with Gasteiger partial charge in [-0.15, -0.1) is 11.8 Å². The van der Waals surface area contributed by atoms with Gasteiger partial charge in [0.2, 0.25) is 5.91 Å². The molecule has 1 aromatic rings. The lowest BCUT2D eigenvalue weighted by molar-refractivity contribution is -0.128. The summed E-state index contributed by atoms with van der Waals surface area (Å²) in [5, 5.41) is -0.170. The topological polar surface area (TPSA) is 23.6 Å². The van der Waals surface area contributed by atoms with Gasteiger partial charge < -0.3 is 9.80 Å². The number of rotatable bonds is 5. The Balaban J connectivity index is 2.07. The molecule has 1 saturated heterocycles. The minimum atomic E-state index is -0.229. The zero-order valence-electron chi connectivity index (χ0n) is 11.3. The van der Waals surface area contributed by atoms with E-state index in [-0.39, 0.29) is 17.1 Å². The molecule has 1 unspecified atom stereocenters. The summed E-state index contributed by atoms with van der Waals surface area (Å²) in [5.41, 5.74) is 0.614. The van der Waals surface area contributed by atoms with Crippen LogP contribution in [0.2, 0.25) is 0 Å². The van der Waals surface area contributed by atoms with E-state index in [1.807, 2.05) is 20.2 Å². The molecule has 5 heteroatoms. The molecule has 1 aliphatic rings. The van der Waals surface area contributed by atoms with Gasteiger partial charge >= 0.3 is 0 Å². The predicted molar refractivity (Wildman–Crippen MR) is 76.5 cm³/mol. The largest absolute Gasteiger partial charge is 0.326 e. The maximum Gasteiger partial charge on any atom is 0.233 e. The number of halogens is 1. The van der Waals surface area contributed by atoms with Crippen LogP contribution in [0.25, 0.3) is 0 Å². The number of carbonyl (C=O) groups is 1. The van der Waals surface area contributed by atoms with Gasteiger partial charge in [0, 0.05) is 12.1 Å². The fraction of sp³-hybridized carbons (Fsp3) is 0.500. The Bertz CT molecular complexity index is 453. The highest BCUT2D eigenvalue weighted by atomic mass is 32.2. The van der Waals surface area contributed by atoms with Crippen molar-refractivity contribution in [3.8, 4) is 0 Å². The molecule has 1 aliphatic heterocycles. The maximum atomic E-state index is 13.8. The number of hydrogen-bond donors (Lipinski definition) is 0. The zero-order valence-corrected chi connectivity index (χ0v) is 12.1. The molecule has 0 aliphatic carbocycles. The summed E-state index contributed by atoms with van der Waals surface area (Å²) in [4.78, 5) is 15.8. The summed E-state index contributed by atoms with van der Waals surface area (Å²) in [6.07, 6.45) is 0.907. The number of carbonyl (C=O) groups excluding carboxylic acids is 1. The average Bonchev–Trinajstić information content (AvgIpc) is 2.72. The van der Waals surface area contributed by atoms with E-state index < -0.39 is 0 Å². The van der Waals surface area contributed by atoms with Crippen molar-refractivity contribution in [3.63, 3.8) is 0 Å². The maximum absolute atomic E-state index is 13.8. The highest BCUT2D eigenvalue weighted by molar-refractivity contribution is 8.00. The number of hydrogen-bond acceptors (Lipinski definition) is 3. The van der Waals surface area contributed by atoms with Crippen molar-refractivity contribution in [2.24, 2.45) is 0 Å². The fourth-order valence-corrected chi connectivity index (χ4v) is 3.43. The highest BCUT2D eigenvalue weighted by Crippen LogP contribution is 2.39. The van der Waals surface area contributed by atoms with Gasteiger partial charge in [-0.05, 0) is 33.1 Å². The van der Waals surface area contributed by atoms with Crippen LogP contribution in [-0.2, 0) is 4.79 Å². The van der Waals surface area contributed by atoms with E-state index in [2.05, 4.69) is 4.90 Å². The van der Waals surface area contributed by atoms with Gasteiger partial charge in [-0.2, -0.15) is 0 Å². The van der Waals surface area contributed by atoms with Crippen LogP contribution in [0, 0.1) is 5.82 Å². The molecule has 3 nitrogen and oxygen atoms in total. The van der Waals surface area contributed by atoms with Crippen molar-refractivity contribution in [2.45, 2.75) is 11.8 Å². The first-order chi connectivity index (χ1) is 9.09. The molecule has 1 aromatic carbocycles. The van der Waals surface area contributed by atoms with Gasteiger partial charge in [0.1, 0.15) is 11.2 Å². The zero-order chi connectivity index (χ0) is 13.8. The molecule has 0 radical (unpaired) electrons. The van der Waals surface area contributed by atoms with E-state index in [4.69, 9.17) is 0 Å². The Labute approximate surface area is 117 Å². The first kappa shape index (κ1) is 14.3. The summed E-state index contributed by atoms with van der Waals surface area (Å²) in [7, 11) is 4.02. The summed E-state index contributed by atoms with van der Waals surface area (Å²) < 4.78 is 13.8. The Hall–Kier alpha value is -1.07. The first-order valence-electron chi connectivity index (χ1n) is 6.40. The van der Waals surface area contributed by atoms with Gasteiger partial charge in [-0.1, -0.05) is 18.2 Å². The van der Waals surface area contributed by atoms with Crippen LogP contribution in [-0.4, -0.2) is 48.6 Å². The van der Waals surface area contributed by atoms with Crippen molar-refractivity contribution in [3.05, 3.63) is 35.6 Å². The monoisotopic (exact) mass is 282 g/mol. The minimum Gasteiger partial charge on any atom is -0.326 e. The Kier molecular flexibility index (Phi) is 4.82. The van der Waals surface area contributed by atoms with Crippen LogP contribution in [0.5, 0.6) is 0 Å². The molecule has 0 bridgehead atoms. The van der Waals surface area contributed by atoms with Crippen molar-refractivity contribution in [2.75, 3.05) is 32.9 Å². The van der Waals surface area contributed by atoms with Crippen molar-refractivity contribution in [1.82, 2.24) is 9.80 Å². The third-order valence-corrected chi connectivity index (χ3v) is 4.38. The van der Waals surface area contributed by atoms with E-state index >= 15 is 0 Å². The van der Waals surface area contributed by atoms with Gasteiger partial charge in [0.05, 0.1) is 5.75 Å². The molecule has 0 aromatic heterocycles. The van der Waals surface area contributed by atoms with E-state index in [9.17, 15) is 9.18 Å². The second kappa shape index (κ2) is 6.39.